The summed E-state index contributed by atoms with van der Waals surface area (Å²) in [5.74, 6) is 0.331. The second-order valence-corrected chi connectivity index (χ2v) is 9.48. The van der Waals surface area contributed by atoms with Crippen LogP contribution in [0.5, 0.6) is 0 Å². The van der Waals surface area contributed by atoms with Gasteiger partial charge in [0.2, 0.25) is 5.91 Å². The number of carbonyl (C=O) groups is 2. The van der Waals surface area contributed by atoms with Gasteiger partial charge in [0.1, 0.15) is 0 Å². The van der Waals surface area contributed by atoms with Gasteiger partial charge in [-0.2, -0.15) is 0 Å². The summed E-state index contributed by atoms with van der Waals surface area (Å²) in [6.45, 7) is 6.27. The van der Waals surface area contributed by atoms with E-state index in [4.69, 9.17) is 0 Å². The van der Waals surface area contributed by atoms with Crippen LogP contribution in [0.4, 0.5) is 0 Å². The van der Waals surface area contributed by atoms with Crippen molar-refractivity contribution in [1.29, 1.82) is 0 Å². The molecule has 1 aromatic heterocycles. The number of carbonyl (C=O) groups excluding carboxylic acids is 2. The predicted octanol–water partition coefficient (Wildman–Crippen LogP) is 4.52. The second kappa shape index (κ2) is 10.7. The van der Waals surface area contributed by atoms with Crippen LogP contribution >= 0.6 is 11.8 Å². The van der Waals surface area contributed by atoms with Crippen molar-refractivity contribution in [1.82, 2.24) is 19.8 Å². The molecule has 3 aromatic rings. The van der Waals surface area contributed by atoms with Gasteiger partial charge in [-0.25, -0.2) is 4.98 Å². The summed E-state index contributed by atoms with van der Waals surface area (Å²) in [6.07, 6.45) is 7.04. The number of amides is 2. The number of benzene rings is 2. The molecule has 33 heavy (non-hydrogen) atoms. The third kappa shape index (κ3) is 6.05. The van der Waals surface area contributed by atoms with Gasteiger partial charge < -0.3 is 10.2 Å². The summed E-state index contributed by atoms with van der Waals surface area (Å²) < 4.78 is 2.01. The van der Waals surface area contributed by atoms with E-state index in [9.17, 15) is 9.59 Å². The zero-order valence-corrected chi connectivity index (χ0v) is 20.0. The Morgan fingerprint density at radius 2 is 1.70 bits per heavy atom. The molecule has 0 aliphatic carbocycles. The Bertz CT molecular complexity index is 1100. The van der Waals surface area contributed by atoms with E-state index in [1.165, 1.54) is 29.3 Å². The van der Waals surface area contributed by atoms with Crippen LogP contribution in [0.15, 0.2) is 60.0 Å². The lowest BCUT2D eigenvalue weighted by molar-refractivity contribution is -0.118. The lowest BCUT2D eigenvalue weighted by atomic mass is 10.1. The first-order valence-electron chi connectivity index (χ1n) is 11.4. The van der Waals surface area contributed by atoms with Crippen LogP contribution < -0.4 is 5.32 Å². The minimum Gasteiger partial charge on any atom is -0.351 e. The number of piperidine rings is 1. The first-order chi connectivity index (χ1) is 16.0. The molecular weight excluding hydrogens is 432 g/mol. The molecule has 1 aliphatic heterocycles. The molecule has 172 valence electrons. The average Bonchev–Trinajstić information content (AvgIpc) is 3.30. The van der Waals surface area contributed by atoms with E-state index in [1.54, 1.807) is 6.20 Å². The summed E-state index contributed by atoms with van der Waals surface area (Å²) in [5, 5.41) is 3.75. The molecule has 7 heteroatoms. The molecule has 1 N–H and O–H groups in total. The van der Waals surface area contributed by atoms with Crippen LogP contribution in [0.1, 0.15) is 46.3 Å². The van der Waals surface area contributed by atoms with E-state index < -0.39 is 0 Å². The first-order valence-corrected chi connectivity index (χ1v) is 12.4. The number of likely N-dealkylation sites (tertiary alicyclic amines) is 1. The molecule has 0 saturated carbocycles. The molecule has 0 spiro atoms. The topological polar surface area (TPSA) is 67.2 Å². The first kappa shape index (κ1) is 23.1. The third-order valence-electron chi connectivity index (χ3n) is 5.76. The standard InChI is InChI=1S/C26H30N4O2S/c1-19-14-20(2)16-23(15-19)30-13-10-27-26(30)33-18-24(31)28-17-21-6-8-22(9-7-21)25(32)29-11-4-3-5-12-29/h6-10,13-16H,3-5,11-12,17-18H2,1-2H3,(H,28,31). The van der Waals surface area contributed by atoms with Gasteiger partial charge in [-0.3, -0.25) is 14.2 Å². The van der Waals surface area contributed by atoms with Gasteiger partial charge >= 0.3 is 0 Å². The van der Waals surface area contributed by atoms with Crippen LogP contribution in [0, 0.1) is 13.8 Å². The van der Waals surface area contributed by atoms with Crippen molar-refractivity contribution in [2.75, 3.05) is 18.8 Å². The monoisotopic (exact) mass is 462 g/mol. The summed E-state index contributed by atoms with van der Waals surface area (Å²) in [7, 11) is 0. The lowest BCUT2D eigenvalue weighted by Crippen LogP contribution is -2.35. The molecule has 6 nitrogen and oxygen atoms in total. The maximum Gasteiger partial charge on any atom is 0.253 e. The van der Waals surface area contributed by atoms with Crippen molar-refractivity contribution in [2.45, 2.75) is 44.8 Å². The number of nitrogens with zero attached hydrogens (tertiary/aromatic N) is 3. The number of rotatable bonds is 7. The van der Waals surface area contributed by atoms with Crippen molar-refractivity contribution in [3.8, 4) is 5.69 Å². The van der Waals surface area contributed by atoms with Gasteiger partial charge in [0.15, 0.2) is 5.16 Å². The Labute approximate surface area is 199 Å². The molecule has 4 rings (SSSR count). The fourth-order valence-electron chi connectivity index (χ4n) is 4.11. The van der Waals surface area contributed by atoms with Crippen LogP contribution in [-0.2, 0) is 11.3 Å². The van der Waals surface area contributed by atoms with Crippen LogP contribution in [0.3, 0.4) is 0 Å². The van der Waals surface area contributed by atoms with Gasteiger partial charge in [0.25, 0.3) is 5.91 Å². The average molecular weight is 463 g/mol. The Morgan fingerprint density at radius 1 is 1.00 bits per heavy atom. The number of aryl methyl sites for hydroxylation is 2. The lowest BCUT2D eigenvalue weighted by Gasteiger charge is -2.26. The van der Waals surface area contributed by atoms with Gasteiger partial charge in [-0.15, -0.1) is 0 Å². The maximum absolute atomic E-state index is 12.6. The van der Waals surface area contributed by atoms with E-state index in [0.29, 0.717) is 12.1 Å². The van der Waals surface area contributed by atoms with E-state index in [2.05, 4.69) is 42.3 Å². The molecule has 0 radical (unpaired) electrons. The van der Waals surface area contributed by atoms with Crippen molar-refractivity contribution >= 4 is 23.6 Å². The Kier molecular flexibility index (Phi) is 7.50. The van der Waals surface area contributed by atoms with E-state index in [1.807, 2.05) is 39.9 Å². The normalized spacial score (nSPS) is 13.7. The molecule has 2 heterocycles. The van der Waals surface area contributed by atoms with E-state index >= 15 is 0 Å². The molecule has 2 aromatic carbocycles. The highest BCUT2D eigenvalue weighted by atomic mass is 32.2. The number of hydrogen-bond donors (Lipinski definition) is 1. The van der Waals surface area contributed by atoms with Gasteiger partial charge in [0, 0.05) is 43.3 Å². The highest BCUT2D eigenvalue weighted by Crippen LogP contribution is 2.22. The van der Waals surface area contributed by atoms with Crippen LogP contribution in [0.25, 0.3) is 5.69 Å². The fourth-order valence-corrected chi connectivity index (χ4v) is 4.91. The molecule has 1 saturated heterocycles. The number of imidazole rings is 1. The largest absolute Gasteiger partial charge is 0.351 e. The van der Waals surface area contributed by atoms with Crippen molar-refractivity contribution in [3.63, 3.8) is 0 Å². The summed E-state index contributed by atoms with van der Waals surface area (Å²) in [4.78, 5) is 31.4. The highest BCUT2D eigenvalue weighted by Gasteiger charge is 2.18. The molecule has 1 aliphatic rings. The van der Waals surface area contributed by atoms with Gasteiger partial charge in [-0.05, 0) is 74.1 Å². The molecule has 2 amide bonds. The fraction of sp³-hybridized carbons (Fsp3) is 0.346. The van der Waals surface area contributed by atoms with Crippen LogP contribution in [0.2, 0.25) is 0 Å². The zero-order chi connectivity index (χ0) is 23.2. The SMILES string of the molecule is Cc1cc(C)cc(-n2ccnc2SCC(=O)NCc2ccc(C(=O)N3CCCCC3)cc2)c1. The minimum absolute atomic E-state index is 0.0524. The number of aromatic nitrogens is 2. The smallest absolute Gasteiger partial charge is 0.253 e. The number of hydrogen-bond acceptors (Lipinski definition) is 4. The van der Waals surface area contributed by atoms with Gasteiger partial charge in [0.05, 0.1) is 5.75 Å². The van der Waals surface area contributed by atoms with E-state index in [-0.39, 0.29) is 17.6 Å². The Balaban J connectivity index is 1.28. The molecule has 0 unspecified atom stereocenters. The Hall–Kier alpha value is -3.06. The van der Waals surface area contributed by atoms with Crippen LogP contribution in [-0.4, -0.2) is 45.1 Å². The number of thioether (sulfide) groups is 1. The second-order valence-electron chi connectivity index (χ2n) is 8.54. The van der Waals surface area contributed by atoms with Crippen molar-refractivity contribution < 1.29 is 9.59 Å². The number of nitrogens with one attached hydrogen (secondary N) is 1. The van der Waals surface area contributed by atoms with Crippen molar-refractivity contribution in [2.24, 2.45) is 0 Å². The quantitative estimate of drug-likeness (QED) is 0.524. The Morgan fingerprint density at radius 3 is 2.39 bits per heavy atom. The molecule has 0 atom stereocenters. The third-order valence-corrected chi connectivity index (χ3v) is 6.72. The van der Waals surface area contributed by atoms with E-state index in [0.717, 1.165) is 42.3 Å². The molecule has 1 fully saturated rings. The van der Waals surface area contributed by atoms with Crippen molar-refractivity contribution in [3.05, 3.63) is 77.1 Å². The molecule has 0 bridgehead atoms. The highest BCUT2D eigenvalue weighted by molar-refractivity contribution is 7.99. The van der Waals surface area contributed by atoms with Gasteiger partial charge in [-0.1, -0.05) is 30.0 Å². The predicted molar refractivity (Wildman–Crippen MR) is 132 cm³/mol. The maximum atomic E-state index is 12.6. The zero-order valence-electron chi connectivity index (χ0n) is 19.2. The summed E-state index contributed by atoms with van der Waals surface area (Å²) in [6, 6.07) is 13.9. The molecular formula is C26H30N4O2S. The summed E-state index contributed by atoms with van der Waals surface area (Å²) >= 11 is 1.42. The minimum atomic E-state index is -0.0524. The summed E-state index contributed by atoms with van der Waals surface area (Å²) in [5.41, 5.74) is 5.11.